The number of anilines is 1. The van der Waals surface area contributed by atoms with Crippen LogP contribution in [0.1, 0.15) is 44.7 Å². The molecule has 2 heterocycles. The zero-order valence-electron chi connectivity index (χ0n) is 16.6. The van der Waals surface area contributed by atoms with E-state index in [0.717, 1.165) is 44.8 Å². The molecule has 6 nitrogen and oxygen atoms in total. The van der Waals surface area contributed by atoms with Crippen LogP contribution >= 0.6 is 22.6 Å². The van der Waals surface area contributed by atoms with Gasteiger partial charge in [-0.05, 0) is 44.2 Å². The van der Waals surface area contributed by atoms with Crippen LogP contribution in [0.25, 0.3) is 5.65 Å². The molecule has 1 aliphatic rings. The molecule has 0 saturated heterocycles. The second kappa shape index (κ2) is 9.97. The van der Waals surface area contributed by atoms with E-state index in [4.69, 9.17) is 0 Å². The smallest absolute Gasteiger partial charge is 0.368 e. The van der Waals surface area contributed by atoms with E-state index < -0.39 is 11.9 Å². The number of aromatic nitrogens is 2. The summed E-state index contributed by atoms with van der Waals surface area (Å²) in [5.74, 6) is 0.553. The predicted molar refractivity (Wildman–Crippen MR) is 119 cm³/mol. The molecule has 0 aliphatic heterocycles. The summed E-state index contributed by atoms with van der Waals surface area (Å²) in [4.78, 5) is 20.2. The van der Waals surface area contributed by atoms with Crippen LogP contribution in [-0.2, 0) is 11.0 Å². The average molecular weight is 535 g/mol. The molecule has 0 radical (unpaired) electrons. The average Bonchev–Trinajstić information content (AvgIpc) is 3.15. The molecule has 0 aromatic carbocycles. The molecular weight excluding hydrogens is 510 g/mol. The number of halogens is 4. The molecule has 3 rings (SSSR count). The third-order valence-corrected chi connectivity index (χ3v) is 5.93. The lowest BCUT2D eigenvalue weighted by atomic mass is 9.91. The van der Waals surface area contributed by atoms with Crippen molar-refractivity contribution in [1.82, 2.24) is 14.7 Å². The Morgan fingerprint density at radius 1 is 1.33 bits per heavy atom. The third-order valence-electron chi connectivity index (χ3n) is 5.05. The van der Waals surface area contributed by atoms with Crippen molar-refractivity contribution in [2.45, 2.75) is 61.2 Å². The highest BCUT2D eigenvalue weighted by molar-refractivity contribution is 14.1. The Morgan fingerprint density at radius 3 is 2.70 bits per heavy atom. The van der Waals surface area contributed by atoms with Crippen molar-refractivity contribution in [3.8, 4) is 0 Å². The Bertz CT molecular complexity index is 890. The topological polar surface area (TPSA) is 70.8 Å². The van der Waals surface area contributed by atoms with Gasteiger partial charge in [0.2, 0.25) is 5.91 Å². The minimum absolute atomic E-state index is 0.0327. The Morgan fingerprint density at radius 2 is 2.03 bits per heavy atom. The first-order chi connectivity index (χ1) is 14.3. The lowest BCUT2D eigenvalue weighted by Crippen LogP contribution is -2.43. The molecule has 1 fully saturated rings. The van der Waals surface area contributed by atoms with Gasteiger partial charge in [-0.25, -0.2) is 4.98 Å². The number of amides is 1. The van der Waals surface area contributed by atoms with Gasteiger partial charge in [-0.15, -0.1) is 0 Å². The minimum atomic E-state index is -4.47. The van der Waals surface area contributed by atoms with Gasteiger partial charge >= 0.3 is 6.18 Å². The lowest BCUT2D eigenvalue weighted by molar-refractivity contribution is -0.140. The highest BCUT2D eigenvalue weighted by atomic mass is 127. The molecule has 1 saturated carbocycles. The fourth-order valence-corrected chi connectivity index (χ4v) is 3.91. The van der Waals surface area contributed by atoms with Crippen molar-refractivity contribution in [2.24, 2.45) is 4.99 Å². The fraction of sp³-hybridized carbons (Fsp3) is 0.550. The van der Waals surface area contributed by atoms with Gasteiger partial charge < -0.3 is 10.6 Å². The maximum absolute atomic E-state index is 13.0. The summed E-state index contributed by atoms with van der Waals surface area (Å²) >= 11 is 2.08. The Labute approximate surface area is 186 Å². The highest BCUT2D eigenvalue weighted by Gasteiger charge is 2.34. The molecular formula is C20H25F3IN5O. The number of pyridine rings is 1. The number of hydrogen-bond acceptors (Lipinski definition) is 4. The van der Waals surface area contributed by atoms with Crippen LogP contribution in [0.5, 0.6) is 0 Å². The van der Waals surface area contributed by atoms with Crippen molar-refractivity contribution >= 4 is 46.2 Å². The summed E-state index contributed by atoms with van der Waals surface area (Å²) in [6.07, 6.45) is 2.44. The second-order valence-corrected chi connectivity index (χ2v) is 8.76. The lowest BCUT2D eigenvalue weighted by Gasteiger charge is -2.30. The SMILES string of the molecule is CCC/N=C\C(I)C(=O)N[C@H]1CC[C@@H](Nc2cccc3nc(C(F)(F)F)cn23)CC1. The van der Waals surface area contributed by atoms with Gasteiger partial charge in [-0.2, -0.15) is 13.2 Å². The van der Waals surface area contributed by atoms with Crippen LogP contribution in [0.15, 0.2) is 29.4 Å². The van der Waals surface area contributed by atoms with Gasteiger partial charge in [0, 0.05) is 31.0 Å². The maximum atomic E-state index is 13.0. The van der Waals surface area contributed by atoms with E-state index >= 15 is 0 Å². The first kappa shape index (κ1) is 22.8. The molecule has 2 aromatic rings. The standard InChI is InChI=1S/C20H25F3IN5O/c1-2-10-25-11-15(24)19(30)27-14-8-6-13(7-9-14)26-17-4-3-5-18-28-16(12-29(17)18)20(21,22)23/h3-5,11-15,26H,2,6-10H2,1H3,(H,27,30)/b25-11-/t13-,14+,15?. The zero-order chi connectivity index (χ0) is 21.7. The van der Waals surface area contributed by atoms with E-state index in [1.165, 1.54) is 4.40 Å². The van der Waals surface area contributed by atoms with Gasteiger partial charge in [0.25, 0.3) is 0 Å². The number of imidazole rings is 1. The number of fused-ring (bicyclic) bond motifs is 1. The van der Waals surface area contributed by atoms with Crippen LogP contribution in [0.3, 0.4) is 0 Å². The van der Waals surface area contributed by atoms with E-state index in [1.54, 1.807) is 24.4 Å². The van der Waals surface area contributed by atoms with Crippen LogP contribution < -0.4 is 10.6 Å². The second-order valence-electron chi connectivity index (χ2n) is 7.42. The van der Waals surface area contributed by atoms with Gasteiger partial charge in [-0.1, -0.05) is 35.6 Å². The van der Waals surface area contributed by atoms with Crippen molar-refractivity contribution in [2.75, 3.05) is 11.9 Å². The Hall–Kier alpha value is -1.85. The Kier molecular flexibility index (Phi) is 7.59. The van der Waals surface area contributed by atoms with E-state index in [0.29, 0.717) is 5.82 Å². The largest absolute Gasteiger partial charge is 0.434 e. The van der Waals surface area contributed by atoms with E-state index in [2.05, 4.69) is 43.2 Å². The van der Waals surface area contributed by atoms with Crippen LogP contribution in [0.2, 0.25) is 0 Å². The number of hydrogen-bond donors (Lipinski definition) is 2. The van der Waals surface area contributed by atoms with Crippen molar-refractivity contribution < 1.29 is 18.0 Å². The normalized spacial score (nSPS) is 21.1. The quantitative estimate of drug-likeness (QED) is 0.312. The fourth-order valence-electron chi connectivity index (χ4n) is 3.50. The number of nitrogens with one attached hydrogen (secondary N) is 2. The summed E-state index contributed by atoms with van der Waals surface area (Å²) in [6, 6.07) is 5.23. The van der Waals surface area contributed by atoms with Gasteiger partial charge in [-0.3, -0.25) is 14.2 Å². The van der Waals surface area contributed by atoms with Crippen molar-refractivity contribution in [3.63, 3.8) is 0 Å². The molecule has 2 aromatic heterocycles. The summed E-state index contributed by atoms with van der Waals surface area (Å²) in [5, 5.41) is 6.41. The Balaban J connectivity index is 1.55. The minimum Gasteiger partial charge on any atom is -0.368 e. The number of alkyl halides is 4. The number of rotatable bonds is 7. The van der Waals surface area contributed by atoms with Crippen LogP contribution in [0.4, 0.5) is 19.0 Å². The summed E-state index contributed by atoms with van der Waals surface area (Å²) < 4.78 is 40.1. The zero-order valence-corrected chi connectivity index (χ0v) is 18.8. The monoisotopic (exact) mass is 535 g/mol. The molecule has 2 N–H and O–H groups in total. The van der Waals surface area contributed by atoms with Crippen molar-refractivity contribution in [1.29, 1.82) is 0 Å². The number of carbonyl (C=O) groups is 1. The van der Waals surface area contributed by atoms with Gasteiger partial charge in [0.1, 0.15) is 15.4 Å². The molecule has 10 heteroatoms. The van der Waals surface area contributed by atoms with E-state index in [-0.39, 0.29) is 27.6 Å². The molecule has 1 amide bonds. The van der Waals surface area contributed by atoms with Gasteiger partial charge in [0.05, 0.1) is 0 Å². The van der Waals surface area contributed by atoms with Crippen LogP contribution in [-0.4, -0.2) is 44.1 Å². The predicted octanol–water partition coefficient (Wildman–Crippen LogP) is 4.48. The number of nitrogens with zero attached hydrogens (tertiary/aromatic N) is 3. The number of carbonyl (C=O) groups excluding carboxylic acids is 1. The van der Waals surface area contributed by atoms with Gasteiger partial charge in [0.15, 0.2) is 5.69 Å². The molecule has 1 aliphatic carbocycles. The highest BCUT2D eigenvalue weighted by Crippen LogP contribution is 2.30. The molecule has 0 bridgehead atoms. The molecule has 0 spiro atoms. The number of aliphatic imine (C=N–C) groups is 1. The first-order valence-electron chi connectivity index (χ1n) is 10.0. The molecule has 1 unspecified atom stereocenters. The summed E-state index contributed by atoms with van der Waals surface area (Å²) in [5.41, 5.74) is -0.648. The van der Waals surface area contributed by atoms with E-state index in [1.807, 2.05) is 6.92 Å². The first-order valence-corrected chi connectivity index (χ1v) is 11.3. The molecule has 30 heavy (non-hydrogen) atoms. The molecule has 164 valence electrons. The molecule has 1 atom stereocenters. The van der Waals surface area contributed by atoms with Crippen molar-refractivity contribution in [3.05, 3.63) is 30.1 Å². The summed E-state index contributed by atoms with van der Waals surface area (Å²) in [7, 11) is 0. The maximum Gasteiger partial charge on any atom is 0.434 e. The third kappa shape index (κ3) is 5.86. The van der Waals surface area contributed by atoms with E-state index in [9.17, 15) is 18.0 Å². The van der Waals surface area contributed by atoms with Crippen LogP contribution in [0, 0.1) is 0 Å². The summed E-state index contributed by atoms with van der Waals surface area (Å²) in [6.45, 7) is 2.76.